The summed E-state index contributed by atoms with van der Waals surface area (Å²) >= 11 is 0. The monoisotopic (exact) mass is 498 g/mol. The van der Waals surface area contributed by atoms with Crippen LogP contribution in [0.25, 0.3) is 0 Å². The van der Waals surface area contributed by atoms with Gasteiger partial charge in [-0.15, -0.1) is 0 Å². The van der Waals surface area contributed by atoms with E-state index in [0.29, 0.717) is 19.6 Å². The standard InChI is InChI=1S/C30H46O4Si/c1-8-11-18-25(23-28(31)29(32-9-2)33-10-3)24(4)34-35(30(5,6)7,26-19-14-12-15-20-26)27-21-16-13-17-22-27/h12-17,19-22,24-25,29H,8-11,18,23H2,1-7H3/t24-,25+/m0/s1. The van der Waals surface area contributed by atoms with Gasteiger partial charge in [-0.1, -0.05) is 101 Å². The Kier molecular flexibility index (Phi) is 11.8. The Morgan fingerprint density at radius 3 is 1.74 bits per heavy atom. The molecule has 0 N–H and O–H groups in total. The second-order valence-corrected chi connectivity index (χ2v) is 14.6. The molecule has 0 aliphatic rings. The Balaban J connectivity index is 2.48. The van der Waals surface area contributed by atoms with Crippen LogP contribution in [-0.2, 0) is 18.7 Å². The van der Waals surface area contributed by atoms with Crippen molar-refractivity contribution >= 4 is 24.5 Å². The van der Waals surface area contributed by atoms with Crippen molar-refractivity contribution in [1.82, 2.24) is 0 Å². The molecule has 2 atom stereocenters. The van der Waals surface area contributed by atoms with Crippen molar-refractivity contribution in [1.29, 1.82) is 0 Å². The van der Waals surface area contributed by atoms with Crippen LogP contribution in [0.15, 0.2) is 60.7 Å². The minimum atomic E-state index is -2.70. The fraction of sp³-hybridized carbons (Fsp3) is 0.567. The van der Waals surface area contributed by atoms with Crippen LogP contribution in [-0.4, -0.2) is 39.7 Å². The van der Waals surface area contributed by atoms with Crippen molar-refractivity contribution in [2.45, 2.75) is 91.6 Å². The molecule has 2 aromatic carbocycles. The molecule has 194 valence electrons. The largest absolute Gasteiger partial charge is 0.404 e. The van der Waals surface area contributed by atoms with Gasteiger partial charge in [-0.05, 0) is 48.5 Å². The van der Waals surface area contributed by atoms with E-state index >= 15 is 0 Å². The highest BCUT2D eigenvalue weighted by molar-refractivity contribution is 6.99. The first kappa shape index (κ1) is 29.4. The maximum atomic E-state index is 13.2. The van der Waals surface area contributed by atoms with Gasteiger partial charge in [0.15, 0.2) is 5.78 Å². The zero-order valence-corrected chi connectivity index (χ0v) is 23.9. The molecule has 0 heterocycles. The smallest absolute Gasteiger partial charge is 0.261 e. The van der Waals surface area contributed by atoms with E-state index in [-0.39, 0.29) is 22.8 Å². The van der Waals surface area contributed by atoms with E-state index in [1.54, 1.807) is 0 Å². The summed E-state index contributed by atoms with van der Waals surface area (Å²) in [5.41, 5.74) is 0. The molecule has 2 rings (SSSR count). The normalized spacial score (nSPS) is 14.2. The molecule has 35 heavy (non-hydrogen) atoms. The predicted molar refractivity (Wildman–Crippen MR) is 148 cm³/mol. The summed E-state index contributed by atoms with van der Waals surface area (Å²) in [6.45, 7) is 15.9. The van der Waals surface area contributed by atoms with Crippen molar-refractivity contribution < 1.29 is 18.7 Å². The average Bonchev–Trinajstić information content (AvgIpc) is 2.85. The third-order valence-electron chi connectivity index (χ3n) is 6.73. The van der Waals surface area contributed by atoms with E-state index in [2.05, 4.69) is 95.3 Å². The minimum absolute atomic E-state index is 0.00713. The van der Waals surface area contributed by atoms with Gasteiger partial charge in [0, 0.05) is 25.7 Å². The lowest BCUT2D eigenvalue weighted by atomic mass is 9.91. The lowest BCUT2D eigenvalue weighted by molar-refractivity contribution is -0.169. The molecule has 5 heteroatoms. The molecule has 0 aliphatic carbocycles. The molecule has 0 amide bonds. The van der Waals surface area contributed by atoms with E-state index in [1.165, 1.54) is 10.4 Å². The molecule has 0 aliphatic heterocycles. The van der Waals surface area contributed by atoms with Gasteiger partial charge in [0.1, 0.15) is 0 Å². The van der Waals surface area contributed by atoms with Crippen LogP contribution in [0.2, 0.25) is 5.04 Å². The van der Waals surface area contributed by atoms with Gasteiger partial charge in [-0.2, -0.15) is 0 Å². The number of ether oxygens (including phenoxy) is 2. The van der Waals surface area contributed by atoms with E-state index in [4.69, 9.17) is 13.9 Å². The first-order valence-corrected chi connectivity index (χ1v) is 15.2. The SMILES string of the molecule is CCCC[C@H](CC(=O)C(OCC)OCC)[C@H](C)O[Si](c1ccccc1)(c1ccccc1)C(C)(C)C. The Bertz CT molecular complexity index is 817. The molecule has 0 radical (unpaired) electrons. The molecule has 0 bridgehead atoms. The summed E-state index contributed by atoms with van der Waals surface area (Å²) in [5, 5.41) is 2.41. The first-order chi connectivity index (χ1) is 16.7. The Labute approximate surface area is 214 Å². The fourth-order valence-electron chi connectivity index (χ4n) is 4.93. The van der Waals surface area contributed by atoms with E-state index < -0.39 is 14.6 Å². The first-order valence-electron chi connectivity index (χ1n) is 13.3. The van der Waals surface area contributed by atoms with Crippen LogP contribution >= 0.6 is 0 Å². The summed E-state index contributed by atoms with van der Waals surface area (Å²) in [7, 11) is -2.70. The average molecular weight is 499 g/mol. The predicted octanol–water partition coefficient (Wildman–Crippen LogP) is 6.12. The number of hydrogen-bond acceptors (Lipinski definition) is 4. The summed E-state index contributed by atoms with van der Waals surface area (Å²) < 4.78 is 18.6. The van der Waals surface area contributed by atoms with Crippen LogP contribution in [0.1, 0.15) is 74.1 Å². The van der Waals surface area contributed by atoms with Gasteiger partial charge >= 0.3 is 0 Å². The van der Waals surface area contributed by atoms with E-state index in [1.807, 2.05) is 13.8 Å². The molecule has 0 spiro atoms. The summed E-state index contributed by atoms with van der Waals surface area (Å²) in [5.74, 6) is 0.0974. The zero-order chi connectivity index (χ0) is 25.9. The highest BCUT2D eigenvalue weighted by Gasteiger charge is 2.51. The molecule has 4 nitrogen and oxygen atoms in total. The van der Waals surface area contributed by atoms with Crippen molar-refractivity contribution in [3.63, 3.8) is 0 Å². The number of Topliss-reactive ketones (excluding diaryl/α,β-unsaturated/α-hetero) is 1. The number of rotatable bonds is 15. The topological polar surface area (TPSA) is 44.8 Å². The summed E-state index contributed by atoms with van der Waals surface area (Å²) in [4.78, 5) is 13.2. The van der Waals surface area contributed by atoms with Gasteiger partial charge < -0.3 is 13.9 Å². The molecule has 0 fully saturated rings. The number of benzene rings is 2. The van der Waals surface area contributed by atoms with Crippen LogP contribution in [0.4, 0.5) is 0 Å². The van der Waals surface area contributed by atoms with Crippen LogP contribution in [0, 0.1) is 5.92 Å². The van der Waals surface area contributed by atoms with Crippen molar-refractivity contribution in [3.8, 4) is 0 Å². The lowest BCUT2D eigenvalue weighted by Crippen LogP contribution is -2.68. The number of carbonyl (C=O) groups excluding carboxylic acids is 1. The lowest BCUT2D eigenvalue weighted by Gasteiger charge is -2.46. The van der Waals surface area contributed by atoms with Crippen molar-refractivity contribution in [2.24, 2.45) is 5.92 Å². The number of ketones is 1. The van der Waals surface area contributed by atoms with E-state index in [9.17, 15) is 4.79 Å². The second-order valence-electron chi connectivity index (χ2n) is 10.3. The molecular formula is C30H46O4Si. The van der Waals surface area contributed by atoms with Crippen LogP contribution < -0.4 is 10.4 Å². The molecule has 0 aromatic heterocycles. The molecule has 0 saturated carbocycles. The maximum Gasteiger partial charge on any atom is 0.261 e. The maximum absolute atomic E-state index is 13.2. The molecular weight excluding hydrogens is 452 g/mol. The van der Waals surface area contributed by atoms with Gasteiger partial charge in [-0.3, -0.25) is 4.79 Å². The van der Waals surface area contributed by atoms with Gasteiger partial charge in [-0.25, -0.2) is 0 Å². The van der Waals surface area contributed by atoms with Crippen molar-refractivity contribution in [2.75, 3.05) is 13.2 Å². The highest BCUT2D eigenvalue weighted by atomic mass is 28.4. The molecule has 0 unspecified atom stereocenters. The highest BCUT2D eigenvalue weighted by Crippen LogP contribution is 2.39. The Hall–Kier alpha value is -1.79. The quantitative estimate of drug-likeness (QED) is 0.219. The molecule has 2 aromatic rings. The van der Waals surface area contributed by atoms with Crippen LogP contribution in [0.5, 0.6) is 0 Å². The number of carbonyl (C=O) groups is 1. The number of hydrogen-bond donors (Lipinski definition) is 0. The van der Waals surface area contributed by atoms with Gasteiger partial charge in [0.2, 0.25) is 6.29 Å². The fourth-order valence-corrected chi connectivity index (χ4v) is 9.69. The van der Waals surface area contributed by atoms with Crippen molar-refractivity contribution in [3.05, 3.63) is 60.7 Å². The number of unbranched alkanes of at least 4 members (excludes halogenated alkanes) is 1. The molecule has 0 saturated heterocycles. The minimum Gasteiger partial charge on any atom is -0.404 e. The van der Waals surface area contributed by atoms with E-state index in [0.717, 1.165) is 19.3 Å². The Morgan fingerprint density at radius 1 is 0.857 bits per heavy atom. The Morgan fingerprint density at radius 2 is 1.34 bits per heavy atom. The third kappa shape index (κ3) is 7.59. The van der Waals surface area contributed by atoms with Crippen LogP contribution in [0.3, 0.4) is 0 Å². The zero-order valence-electron chi connectivity index (χ0n) is 22.9. The van der Waals surface area contributed by atoms with Gasteiger partial charge in [0.25, 0.3) is 8.32 Å². The summed E-state index contributed by atoms with van der Waals surface area (Å²) in [6.07, 6.45) is 2.57. The summed E-state index contributed by atoms with van der Waals surface area (Å²) in [6, 6.07) is 21.4. The third-order valence-corrected chi connectivity index (χ3v) is 11.9. The van der Waals surface area contributed by atoms with Gasteiger partial charge in [0.05, 0.1) is 0 Å². The second kappa shape index (κ2) is 14.1.